The molecule has 44 heavy (non-hydrogen) atoms. The van der Waals surface area contributed by atoms with Gasteiger partial charge >= 0.3 is 5.97 Å². The molecule has 2 bridgehead atoms. The molecule has 0 radical (unpaired) electrons. The van der Waals surface area contributed by atoms with Gasteiger partial charge in [0.25, 0.3) is 0 Å². The van der Waals surface area contributed by atoms with Crippen LogP contribution in [0.3, 0.4) is 0 Å². The number of hydrogen-bond acceptors (Lipinski definition) is 10. The molecule has 1 aromatic carbocycles. The normalized spacial score (nSPS) is 21.9. The Kier molecular flexibility index (Phi) is 9.69. The van der Waals surface area contributed by atoms with Gasteiger partial charge in [-0.2, -0.15) is 0 Å². The maximum Gasteiger partial charge on any atom is 0.308 e. The monoisotopic (exact) mass is 601 g/mol. The lowest BCUT2D eigenvalue weighted by Crippen LogP contribution is -2.71. The molecule has 3 heterocycles. The van der Waals surface area contributed by atoms with Gasteiger partial charge in [0.15, 0.2) is 5.82 Å². The summed E-state index contributed by atoms with van der Waals surface area (Å²) in [7, 11) is 0. The fourth-order valence-corrected chi connectivity index (χ4v) is 6.69. The van der Waals surface area contributed by atoms with Gasteiger partial charge < -0.3 is 29.2 Å². The van der Waals surface area contributed by atoms with Gasteiger partial charge in [0.05, 0.1) is 39.5 Å². The van der Waals surface area contributed by atoms with E-state index >= 15 is 0 Å². The van der Waals surface area contributed by atoms with Crippen molar-refractivity contribution in [2.24, 2.45) is 5.41 Å². The van der Waals surface area contributed by atoms with Gasteiger partial charge in [-0.3, -0.25) is 9.78 Å². The Morgan fingerprint density at radius 2 is 1.57 bits per heavy atom. The van der Waals surface area contributed by atoms with Gasteiger partial charge in [0.1, 0.15) is 22.9 Å². The Hall–Kier alpha value is -3.60. The quantitative estimate of drug-likeness (QED) is 0.187. The van der Waals surface area contributed by atoms with Crippen LogP contribution in [-0.4, -0.2) is 85.8 Å². The zero-order valence-electron chi connectivity index (χ0n) is 25.6. The summed E-state index contributed by atoms with van der Waals surface area (Å²) >= 11 is 0. The number of aromatic nitrogens is 3. The van der Waals surface area contributed by atoms with Crippen molar-refractivity contribution in [3.63, 3.8) is 0 Å². The fraction of sp³-hybridized carbons (Fsp3) is 0.529. The molecular formula is C34H43N5O5. The van der Waals surface area contributed by atoms with Crippen molar-refractivity contribution in [2.75, 3.05) is 69.5 Å². The van der Waals surface area contributed by atoms with E-state index in [0.717, 1.165) is 69.1 Å². The first-order chi connectivity index (χ1) is 21.6. The molecule has 0 saturated heterocycles. The van der Waals surface area contributed by atoms with E-state index in [1.165, 1.54) is 11.1 Å². The molecule has 1 N–H and O–H groups in total. The highest BCUT2D eigenvalue weighted by Gasteiger charge is 2.70. The van der Waals surface area contributed by atoms with Crippen molar-refractivity contribution in [3.05, 3.63) is 65.9 Å². The number of nitrogens with one attached hydrogen (secondary N) is 1. The average Bonchev–Trinajstić information content (AvgIpc) is 3.24. The number of esters is 1. The molecule has 3 saturated carbocycles. The Labute approximate surface area is 259 Å². The zero-order chi connectivity index (χ0) is 30.2. The fourth-order valence-electron chi connectivity index (χ4n) is 6.69. The SMILES string of the molecule is CCOCCOCCOCCC(=O)OC12CC(CNc3cc(N4CCc5ccccc5CC4)nc(-c4ccccn4)n3)(C1)C2. The molecule has 2 aromatic heterocycles. The highest BCUT2D eigenvalue weighted by Crippen LogP contribution is 2.69. The number of ether oxygens (including phenoxy) is 4. The second kappa shape index (κ2) is 14.0. The van der Waals surface area contributed by atoms with Crippen LogP contribution < -0.4 is 10.2 Å². The predicted molar refractivity (Wildman–Crippen MR) is 168 cm³/mol. The molecule has 7 rings (SSSR count). The summed E-state index contributed by atoms with van der Waals surface area (Å²) in [6, 6.07) is 16.6. The second-order valence-electron chi connectivity index (χ2n) is 12.1. The second-order valence-corrected chi connectivity index (χ2v) is 12.1. The smallest absolute Gasteiger partial charge is 0.308 e. The summed E-state index contributed by atoms with van der Waals surface area (Å²) in [5.74, 6) is 2.14. The van der Waals surface area contributed by atoms with Crippen LogP contribution in [0.1, 0.15) is 43.7 Å². The van der Waals surface area contributed by atoms with Crippen LogP contribution in [0.5, 0.6) is 0 Å². The largest absolute Gasteiger partial charge is 0.459 e. The first kappa shape index (κ1) is 30.4. The number of anilines is 2. The third-order valence-electron chi connectivity index (χ3n) is 8.82. The minimum atomic E-state index is -0.307. The minimum absolute atomic E-state index is 0.135. The van der Waals surface area contributed by atoms with Crippen molar-refractivity contribution in [2.45, 2.75) is 51.0 Å². The van der Waals surface area contributed by atoms with Crippen LogP contribution in [0.25, 0.3) is 11.5 Å². The number of carbonyl (C=O) groups is 1. The third kappa shape index (κ3) is 7.36. The van der Waals surface area contributed by atoms with E-state index in [1.54, 1.807) is 6.20 Å². The van der Waals surface area contributed by atoms with Crippen LogP contribution >= 0.6 is 0 Å². The Morgan fingerprint density at radius 1 is 0.886 bits per heavy atom. The lowest BCUT2D eigenvalue weighted by molar-refractivity contribution is -0.268. The number of nitrogens with zero attached hydrogens (tertiary/aromatic N) is 4. The summed E-state index contributed by atoms with van der Waals surface area (Å²) in [6.45, 7) is 7.65. The first-order valence-electron chi connectivity index (χ1n) is 15.9. The molecule has 0 atom stereocenters. The van der Waals surface area contributed by atoms with Gasteiger partial charge in [0, 0.05) is 38.5 Å². The highest BCUT2D eigenvalue weighted by atomic mass is 16.6. The molecule has 234 valence electrons. The summed E-state index contributed by atoms with van der Waals surface area (Å²) in [6.07, 6.45) is 6.64. The number of benzene rings is 1. The summed E-state index contributed by atoms with van der Waals surface area (Å²) in [4.78, 5) is 29.1. The number of hydrogen-bond donors (Lipinski definition) is 1. The predicted octanol–water partition coefficient (Wildman–Crippen LogP) is 4.48. The summed E-state index contributed by atoms with van der Waals surface area (Å²) in [5.41, 5.74) is 3.41. The molecule has 0 unspecified atom stereocenters. The summed E-state index contributed by atoms with van der Waals surface area (Å²) in [5, 5.41) is 3.60. The van der Waals surface area contributed by atoms with Gasteiger partial charge in [-0.05, 0) is 67.7 Å². The lowest BCUT2D eigenvalue weighted by atomic mass is 9.41. The topological polar surface area (TPSA) is 108 Å². The van der Waals surface area contributed by atoms with E-state index in [0.29, 0.717) is 45.5 Å². The van der Waals surface area contributed by atoms with Crippen molar-refractivity contribution in [1.29, 1.82) is 0 Å². The van der Waals surface area contributed by atoms with Gasteiger partial charge in [0.2, 0.25) is 0 Å². The first-order valence-corrected chi connectivity index (χ1v) is 15.9. The Balaban J connectivity index is 0.990. The van der Waals surface area contributed by atoms with E-state index in [9.17, 15) is 4.79 Å². The maximum absolute atomic E-state index is 12.4. The van der Waals surface area contributed by atoms with Crippen molar-refractivity contribution < 1.29 is 23.7 Å². The molecule has 10 heteroatoms. The number of pyridine rings is 1. The molecule has 0 amide bonds. The molecule has 4 aliphatic rings. The number of fused-ring (bicyclic) bond motifs is 1. The van der Waals surface area contributed by atoms with E-state index < -0.39 is 0 Å². The third-order valence-corrected chi connectivity index (χ3v) is 8.82. The number of rotatable bonds is 16. The van der Waals surface area contributed by atoms with Crippen molar-refractivity contribution in [1.82, 2.24) is 15.0 Å². The molecule has 0 spiro atoms. The zero-order valence-corrected chi connectivity index (χ0v) is 25.6. The molecule has 3 aliphatic carbocycles. The lowest BCUT2D eigenvalue weighted by Gasteiger charge is -2.69. The van der Waals surface area contributed by atoms with Crippen LogP contribution in [0, 0.1) is 5.41 Å². The molecule has 3 fully saturated rings. The van der Waals surface area contributed by atoms with Gasteiger partial charge in [-0.1, -0.05) is 30.3 Å². The Morgan fingerprint density at radius 3 is 2.25 bits per heavy atom. The minimum Gasteiger partial charge on any atom is -0.459 e. The summed E-state index contributed by atoms with van der Waals surface area (Å²) < 4.78 is 22.0. The standard InChI is InChI=1S/C34H43N5O5/c1-2-41-17-18-43-20-19-42-16-12-31(40)44-34-22-33(23-34,24-34)25-36-29-21-30(38-32(37-29)28-9-5-6-13-35-28)39-14-10-26-7-3-4-8-27(26)11-15-39/h3-9,13,21H,2,10-12,14-20,22-25H2,1H3,(H,36,37,38). The van der Waals surface area contributed by atoms with E-state index in [2.05, 4.69) is 45.5 Å². The average molecular weight is 602 g/mol. The van der Waals surface area contributed by atoms with E-state index in [1.807, 2.05) is 25.1 Å². The molecule has 1 aliphatic heterocycles. The highest BCUT2D eigenvalue weighted by molar-refractivity contribution is 5.70. The van der Waals surface area contributed by atoms with E-state index in [4.69, 9.17) is 28.9 Å². The van der Waals surface area contributed by atoms with Gasteiger partial charge in [-0.25, -0.2) is 9.97 Å². The van der Waals surface area contributed by atoms with Gasteiger partial charge in [-0.15, -0.1) is 0 Å². The Bertz CT molecular complexity index is 1360. The molecule has 10 nitrogen and oxygen atoms in total. The van der Waals surface area contributed by atoms with Crippen LogP contribution in [0.4, 0.5) is 11.6 Å². The van der Waals surface area contributed by atoms with Crippen LogP contribution in [-0.2, 0) is 36.6 Å². The van der Waals surface area contributed by atoms with Crippen LogP contribution in [0.2, 0.25) is 0 Å². The van der Waals surface area contributed by atoms with Crippen LogP contribution in [0.15, 0.2) is 54.7 Å². The van der Waals surface area contributed by atoms with E-state index in [-0.39, 0.29) is 23.4 Å². The maximum atomic E-state index is 12.4. The molecule has 3 aromatic rings. The molecular weight excluding hydrogens is 558 g/mol. The van der Waals surface area contributed by atoms with Crippen molar-refractivity contribution >= 4 is 17.6 Å². The van der Waals surface area contributed by atoms with Crippen molar-refractivity contribution in [3.8, 4) is 11.5 Å². The number of carbonyl (C=O) groups excluding carboxylic acids is 1.